The van der Waals surface area contributed by atoms with E-state index in [0.717, 1.165) is 31.0 Å². The van der Waals surface area contributed by atoms with Crippen molar-refractivity contribution in [2.45, 2.75) is 25.3 Å². The number of hydrogen-bond donors (Lipinski definition) is 1. The third kappa shape index (κ3) is 3.33. The molecule has 1 atom stereocenters. The molecule has 3 rings (SSSR count). The Labute approximate surface area is 129 Å². The van der Waals surface area contributed by atoms with Crippen LogP contribution in [-0.2, 0) is 18.3 Å². The molecule has 1 amide bonds. The molecule has 0 saturated carbocycles. The highest BCUT2D eigenvalue weighted by Crippen LogP contribution is 2.22. The van der Waals surface area contributed by atoms with Crippen LogP contribution >= 0.6 is 0 Å². The van der Waals surface area contributed by atoms with Gasteiger partial charge in [0.2, 0.25) is 0 Å². The molecule has 116 valence electrons. The number of ether oxygens (including phenoxy) is 1. The van der Waals surface area contributed by atoms with Gasteiger partial charge in [0.1, 0.15) is 11.5 Å². The highest BCUT2D eigenvalue weighted by molar-refractivity contribution is 5.92. The fourth-order valence-electron chi connectivity index (χ4n) is 2.61. The summed E-state index contributed by atoms with van der Waals surface area (Å²) in [5.74, 6) is 0.969. The number of hydrogen-bond acceptors (Lipinski definition) is 4. The molecule has 0 aliphatic carbocycles. The monoisotopic (exact) mass is 300 g/mol. The normalized spacial score (nSPS) is 18.1. The van der Waals surface area contributed by atoms with Crippen LogP contribution < -0.4 is 5.32 Å². The summed E-state index contributed by atoms with van der Waals surface area (Å²) in [6, 6.07) is 5.47. The fourth-order valence-corrected chi connectivity index (χ4v) is 2.61. The summed E-state index contributed by atoms with van der Waals surface area (Å²) in [7, 11) is 1.85. The van der Waals surface area contributed by atoms with Crippen molar-refractivity contribution in [2.24, 2.45) is 7.05 Å². The molecule has 6 nitrogen and oxygen atoms in total. The highest BCUT2D eigenvalue weighted by atomic mass is 16.5. The summed E-state index contributed by atoms with van der Waals surface area (Å²) < 4.78 is 7.28. The lowest BCUT2D eigenvalue weighted by atomic mass is 10.0. The Morgan fingerprint density at radius 3 is 3.14 bits per heavy atom. The van der Waals surface area contributed by atoms with E-state index in [1.54, 1.807) is 16.8 Å². The van der Waals surface area contributed by atoms with Crippen LogP contribution in [0.4, 0.5) is 0 Å². The van der Waals surface area contributed by atoms with Crippen molar-refractivity contribution < 1.29 is 9.53 Å². The second-order valence-electron chi connectivity index (χ2n) is 5.51. The van der Waals surface area contributed by atoms with Gasteiger partial charge in [-0.1, -0.05) is 0 Å². The second-order valence-corrected chi connectivity index (χ2v) is 5.51. The lowest BCUT2D eigenvalue weighted by Crippen LogP contribution is -2.26. The molecule has 1 N–H and O–H groups in total. The van der Waals surface area contributed by atoms with Gasteiger partial charge < -0.3 is 14.6 Å². The lowest BCUT2D eigenvalue weighted by molar-refractivity contribution is 0.0779. The topological polar surface area (TPSA) is 69.0 Å². The maximum absolute atomic E-state index is 12.1. The lowest BCUT2D eigenvalue weighted by Gasteiger charge is -2.20. The van der Waals surface area contributed by atoms with E-state index in [0.29, 0.717) is 18.8 Å². The van der Waals surface area contributed by atoms with E-state index in [9.17, 15) is 4.79 Å². The van der Waals surface area contributed by atoms with Crippen molar-refractivity contribution >= 4 is 5.91 Å². The molecular formula is C16H20N4O2. The summed E-state index contributed by atoms with van der Waals surface area (Å²) in [4.78, 5) is 21.0. The Bertz CT molecular complexity index is 647. The molecule has 1 aliphatic heterocycles. The summed E-state index contributed by atoms with van der Waals surface area (Å²) in [6.07, 6.45) is 5.70. The summed E-state index contributed by atoms with van der Waals surface area (Å²) in [5.41, 5.74) is 1.45. The number of carbonyl (C=O) groups excluding carboxylic acids is 1. The average Bonchev–Trinajstić information content (AvgIpc) is 3.00. The summed E-state index contributed by atoms with van der Waals surface area (Å²) in [6.45, 7) is 1.90. The van der Waals surface area contributed by atoms with Crippen LogP contribution in [0.25, 0.3) is 0 Å². The Morgan fingerprint density at radius 2 is 2.41 bits per heavy atom. The quantitative estimate of drug-likeness (QED) is 0.932. The smallest absolute Gasteiger partial charge is 0.268 e. The van der Waals surface area contributed by atoms with Gasteiger partial charge in [-0.15, -0.1) is 0 Å². The van der Waals surface area contributed by atoms with E-state index in [4.69, 9.17) is 4.74 Å². The molecule has 2 aromatic heterocycles. The third-order valence-corrected chi connectivity index (χ3v) is 3.86. The minimum atomic E-state index is -0.103. The SMILES string of the molecule is Cn1cccc1C(=O)NCc1ccnc([C@@H]2CCCOC2)n1. The first-order chi connectivity index (χ1) is 10.7. The second kappa shape index (κ2) is 6.70. The first-order valence-corrected chi connectivity index (χ1v) is 7.53. The average molecular weight is 300 g/mol. The van der Waals surface area contributed by atoms with Crippen LogP contribution in [0.15, 0.2) is 30.6 Å². The van der Waals surface area contributed by atoms with Crippen LogP contribution in [-0.4, -0.2) is 33.7 Å². The maximum atomic E-state index is 12.1. The Morgan fingerprint density at radius 1 is 1.50 bits per heavy atom. The van der Waals surface area contributed by atoms with Crippen LogP contribution in [0.1, 0.15) is 40.8 Å². The zero-order valence-electron chi connectivity index (χ0n) is 12.7. The zero-order valence-corrected chi connectivity index (χ0v) is 12.7. The first kappa shape index (κ1) is 14.7. The van der Waals surface area contributed by atoms with Gasteiger partial charge in [0.05, 0.1) is 18.8 Å². The number of aryl methyl sites for hydroxylation is 1. The highest BCUT2D eigenvalue weighted by Gasteiger charge is 2.19. The van der Waals surface area contributed by atoms with Gasteiger partial charge in [0, 0.05) is 32.0 Å². The number of carbonyl (C=O) groups is 1. The van der Waals surface area contributed by atoms with Crippen LogP contribution in [0.2, 0.25) is 0 Å². The minimum absolute atomic E-state index is 0.103. The molecule has 1 aliphatic rings. The predicted octanol–water partition coefficient (Wildman–Crippen LogP) is 1.64. The van der Waals surface area contributed by atoms with Gasteiger partial charge in [-0.25, -0.2) is 9.97 Å². The van der Waals surface area contributed by atoms with E-state index in [1.807, 2.05) is 25.4 Å². The van der Waals surface area contributed by atoms with Crippen molar-refractivity contribution in [1.29, 1.82) is 0 Å². The Kier molecular flexibility index (Phi) is 4.48. The summed E-state index contributed by atoms with van der Waals surface area (Å²) in [5, 5.41) is 2.89. The summed E-state index contributed by atoms with van der Waals surface area (Å²) >= 11 is 0. The number of amides is 1. The molecule has 0 spiro atoms. The van der Waals surface area contributed by atoms with Gasteiger partial charge in [0.25, 0.3) is 5.91 Å². The molecular weight excluding hydrogens is 280 g/mol. The van der Waals surface area contributed by atoms with Crippen molar-refractivity contribution in [3.05, 3.63) is 47.8 Å². The van der Waals surface area contributed by atoms with Crippen LogP contribution in [0.3, 0.4) is 0 Å². The van der Waals surface area contributed by atoms with E-state index in [-0.39, 0.29) is 11.8 Å². The first-order valence-electron chi connectivity index (χ1n) is 7.53. The van der Waals surface area contributed by atoms with E-state index in [1.165, 1.54) is 0 Å². The third-order valence-electron chi connectivity index (χ3n) is 3.86. The van der Waals surface area contributed by atoms with E-state index in [2.05, 4.69) is 15.3 Å². The number of rotatable bonds is 4. The van der Waals surface area contributed by atoms with Crippen molar-refractivity contribution in [3.8, 4) is 0 Å². The Hall–Kier alpha value is -2.21. The Balaban J connectivity index is 1.63. The predicted molar refractivity (Wildman–Crippen MR) is 81.4 cm³/mol. The van der Waals surface area contributed by atoms with E-state index < -0.39 is 0 Å². The van der Waals surface area contributed by atoms with Crippen LogP contribution in [0, 0.1) is 0 Å². The zero-order chi connectivity index (χ0) is 15.4. The minimum Gasteiger partial charge on any atom is -0.381 e. The van der Waals surface area contributed by atoms with E-state index >= 15 is 0 Å². The molecule has 0 unspecified atom stereocenters. The molecule has 2 aromatic rings. The maximum Gasteiger partial charge on any atom is 0.268 e. The molecule has 3 heterocycles. The molecule has 0 radical (unpaired) electrons. The fraction of sp³-hybridized carbons (Fsp3) is 0.438. The number of nitrogens with zero attached hydrogens (tertiary/aromatic N) is 3. The van der Waals surface area contributed by atoms with Crippen molar-refractivity contribution in [1.82, 2.24) is 19.9 Å². The molecule has 1 fully saturated rings. The van der Waals surface area contributed by atoms with Gasteiger partial charge >= 0.3 is 0 Å². The standard InChI is InChI=1S/C16H20N4O2/c1-20-8-2-5-14(20)16(21)18-10-13-6-7-17-15(19-13)12-4-3-9-22-11-12/h2,5-8,12H,3-4,9-11H2,1H3,(H,18,21)/t12-/m1/s1. The number of aromatic nitrogens is 3. The van der Waals surface area contributed by atoms with Gasteiger partial charge in [0.15, 0.2) is 0 Å². The van der Waals surface area contributed by atoms with Crippen LogP contribution in [0.5, 0.6) is 0 Å². The molecule has 1 saturated heterocycles. The largest absolute Gasteiger partial charge is 0.381 e. The van der Waals surface area contributed by atoms with Crippen molar-refractivity contribution in [2.75, 3.05) is 13.2 Å². The molecule has 0 bridgehead atoms. The molecule has 22 heavy (non-hydrogen) atoms. The van der Waals surface area contributed by atoms with Gasteiger partial charge in [-0.05, 0) is 31.0 Å². The number of nitrogens with one attached hydrogen (secondary N) is 1. The van der Waals surface area contributed by atoms with Gasteiger partial charge in [-0.3, -0.25) is 4.79 Å². The molecule has 0 aromatic carbocycles. The van der Waals surface area contributed by atoms with Gasteiger partial charge in [-0.2, -0.15) is 0 Å². The molecule has 6 heteroatoms. The van der Waals surface area contributed by atoms with Crippen molar-refractivity contribution in [3.63, 3.8) is 0 Å².